The quantitative estimate of drug-likeness (QED) is 0.577. The first kappa shape index (κ1) is 24.5. The van der Waals surface area contributed by atoms with Gasteiger partial charge < -0.3 is 30.7 Å². The van der Waals surface area contributed by atoms with E-state index in [9.17, 15) is 9.59 Å². The van der Waals surface area contributed by atoms with Gasteiger partial charge >= 0.3 is 12.2 Å². The van der Waals surface area contributed by atoms with Crippen molar-refractivity contribution >= 4 is 12.2 Å². The molecule has 8 heteroatoms. The Labute approximate surface area is 169 Å². The van der Waals surface area contributed by atoms with E-state index in [0.717, 1.165) is 39.0 Å². The van der Waals surface area contributed by atoms with E-state index in [1.807, 2.05) is 41.5 Å². The molecule has 8 nitrogen and oxygen atoms in total. The maximum absolute atomic E-state index is 11.3. The number of alkyl carbamates (subject to hydrolysis) is 2. The first-order valence-corrected chi connectivity index (χ1v) is 10.3. The molecule has 0 aliphatic carbocycles. The van der Waals surface area contributed by atoms with Gasteiger partial charge in [0.05, 0.1) is 0 Å². The highest BCUT2D eigenvalue weighted by Crippen LogP contribution is 2.09. The average Bonchev–Trinajstić information content (AvgIpc) is 3.22. The smallest absolute Gasteiger partial charge is 0.407 e. The van der Waals surface area contributed by atoms with Crippen molar-refractivity contribution in [2.45, 2.75) is 65.6 Å². The van der Waals surface area contributed by atoms with Gasteiger partial charge in [0.25, 0.3) is 0 Å². The Morgan fingerprint density at radius 2 is 1.14 bits per heavy atom. The number of hydrogen-bond donors (Lipinski definition) is 4. The molecular formula is C20H40N4O4. The molecular weight excluding hydrogens is 360 g/mol. The van der Waals surface area contributed by atoms with Crippen LogP contribution in [0.25, 0.3) is 0 Å². The fraction of sp³-hybridized carbons (Fsp3) is 0.900. The van der Waals surface area contributed by atoms with Crippen LogP contribution < -0.4 is 21.3 Å². The van der Waals surface area contributed by atoms with Crippen molar-refractivity contribution in [1.29, 1.82) is 0 Å². The Morgan fingerprint density at radius 3 is 1.39 bits per heavy atom. The predicted octanol–water partition coefficient (Wildman–Crippen LogP) is 2.24. The SMILES string of the molecule is CC(C)(C)OC(=O)NC[C@H]1CCNC1.CC(C)(C)OC(=O)NC[C@H]1CCNC1. The van der Waals surface area contributed by atoms with Crippen LogP contribution >= 0.6 is 0 Å². The molecule has 28 heavy (non-hydrogen) atoms. The molecule has 2 aliphatic heterocycles. The van der Waals surface area contributed by atoms with Gasteiger partial charge in [0.2, 0.25) is 0 Å². The van der Waals surface area contributed by atoms with Crippen molar-refractivity contribution in [3.63, 3.8) is 0 Å². The summed E-state index contributed by atoms with van der Waals surface area (Å²) in [7, 11) is 0. The van der Waals surface area contributed by atoms with E-state index in [2.05, 4.69) is 21.3 Å². The fourth-order valence-corrected chi connectivity index (χ4v) is 2.86. The van der Waals surface area contributed by atoms with Crippen molar-refractivity contribution in [3.05, 3.63) is 0 Å². The van der Waals surface area contributed by atoms with E-state index in [1.165, 1.54) is 0 Å². The zero-order valence-electron chi connectivity index (χ0n) is 18.4. The monoisotopic (exact) mass is 400 g/mol. The highest BCUT2D eigenvalue weighted by Gasteiger charge is 2.20. The van der Waals surface area contributed by atoms with Crippen LogP contribution in [-0.4, -0.2) is 62.7 Å². The van der Waals surface area contributed by atoms with Crippen LogP contribution in [0.5, 0.6) is 0 Å². The van der Waals surface area contributed by atoms with Gasteiger partial charge in [0, 0.05) is 13.1 Å². The number of hydrogen-bond acceptors (Lipinski definition) is 6. The summed E-state index contributed by atoms with van der Waals surface area (Å²) in [6.45, 7) is 16.7. The fourth-order valence-electron chi connectivity index (χ4n) is 2.86. The third-order valence-corrected chi connectivity index (χ3v) is 4.19. The van der Waals surface area contributed by atoms with Crippen molar-refractivity contribution in [3.8, 4) is 0 Å². The zero-order chi connectivity index (χ0) is 21.2. The topological polar surface area (TPSA) is 101 Å². The molecule has 0 saturated carbocycles. The van der Waals surface area contributed by atoms with Gasteiger partial charge in [-0.25, -0.2) is 9.59 Å². The summed E-state index contributed by atoms with van der Waals surface area (Å²) in [5, 5.41) is 12.1. The van der Waals surface area contributed by atoms with Crippen molar-refractivity contribution < 1.29 is 19.1 Å². The molecule has 4 N–H and O–H groups in total. The van der Waals surface area contributed by atoms with Gasteiger partial charge in [-0.3, -0.25) is 0 Å². The van der Waals surface area contributed by atoms with Crippen LogP contribution in [-0.2, 0) is 9.47 Å². The van der Waals surface area contributed by atoms with Crippen LogP contribution in [0.15, 0.2) is 0 Å². The summed E-state index contributed by atoms with van der Waals surface area (Å²) in [5.74, 6) is 1.12. The Balaban J connectivity index is 0.000000280. The average molecular weight is 401 g/mol. The molecule has 0 aromatic rings. The van der Waals surface area contributed by atoms with Crippen molar-refractivity contribution in [1.82, 2.24) is 21.3 Å². The van der Waals surface area contributed by atoms with Crippen LogP contribution in [0.1, 0.15) is 54.4 Å². The lowest BCUT2D eigenvalue weighted by molar-refractivity contribution is 0.0509. The molecule has 2 saturated heterocycles. The van der Waals surface area contributed by atoms with E-state index in [0.29, 0.717) is 24.9 Å². The molecule has 0 aromatic heterocycles. The second kappa shape index (κ2) is 11.5. The van der Waals surface area contributed by atoms with Crippen molar-refractivity contribution in [2.24, 2.45) is 11.8 Å². The normalized spacial score (nSPS) is 22.1. The Hall–Kier alpha value is -1.54. The molecule has 0 radical (unpaired) electrons. The summed E-state index contributed by atoms with van der Waals surface area (Å²) in [6, 6.07) is 0. The summed E-state index contributed by atoms with van der Waals surface area (Å²) in [5.41, 5.74) is -0.810. The maximum Gasteiger partial charge on any atom is 0.407 e. The van der Waals surface area contributed by atoms with Crippen LogP contribution in [0, 0.1) is 11.8 Å². The number of carbonyl (C=O) groups excluding carboxylic acids is 2. The van der Waals surface area contributed by atoms with Crippen LogP contribution in [0.4, 0.5) is 9.59 Å². The minimum absolute atomic E-state index is 0.315. The number of amides is 2. The minimum Gasteiger partial charge on any atom is -0.444 e. The third kappa shape index (κ3) is 12.8. The molecule has 2 heterocycles. The van der Waals surface area contributed by atoms with Crippen LogP contribution in [0.3, 0.4) is 0 Å². The molecule has 0 unspecified atom stereocenters. The Bertz CT molecular complexity index is 430. The number of rotatable bonds is 4. The van der Waals surface area contributed by atoms with E-state index in [-0.39, 0.29) is 12.2 Å². The van der Waals surface area contributed by atoms with Gasteiger partial charge in [0.15, 0.2) is 0 Å². The second-order valence-corrected chi connectivity index (χ2v) is 9.48. The molecule has 0 aromatic carbocycles. The number of ether oxygens (including phenoxy) is 2. The lowest BCUT2D eigenvalue weighted by atomic mass is 10.1. The number of carbonyl (C=O) groups is 2. The molecule has 2 amide bonds. The van der Waals surface area contributed by atoms with Crippen LogP contribution in [0.2, 0.25) is 0 Å². The third-order valence-electron chi connectivity index (χ3n) is 4.19. The van der Waals surface area contributed by atoms with E-state index in [4.69, 9.17) is 9.47 Å². The molecule has 2 atom stereocenters. The van der Waals surface area contributed by atoms with E-state index in [1.54, 1.807) is 0 Å². The maximum atomic E-state index is 11.3. The van der Waals surface area contributed by atoms with Gasteiger partial charge in [-0.05, 0) is 92.4 Å². The predicted molar refractivity (Wildman–Crippen MR) is 110 cm³/mol. The summed E-state index contributed by atoms with van der Waals surface area (Å²) in [6.07, 6.45) is 1.64. The van der Waals surface area contributed by atoms with Gasteiger partial charge in [0.1, 0.15) is 11.2 Å². The first-order valence-electron chi connectivity index (χ1n) is 10.3. The van der Waals surface area contributed by atoms with E-state index < -0.39 is 11.2 Å². The lowest BCUT2D eigenvalue weighted by Gasteiger charge is -2.20. The lowest BCUT2D eigenvalue weighted by Crippen LogP contribution is -2.35. The van der Waals surface area contributed by atoms with Crippen molar-refractivity contribution in [2.75, 3.05) is 39.3 Å². The highest BCUT2D eigenvalue weighted by molar-refractivity contribution is 5.68. The molecule has 0 bridgehead atoms. The summed E-state index contributed by atoms with van der Waals surface area (Å²) < 4.78 is 10.3. The summed E-state index contributed by atoms with van der Waals surface area (Å²) in [4.78, 5) is 22.5. The van der Waals surface area contributed by atoms with Gasteiger partial charge in [-0.1, -0.05) is 0 Å². The Morgan fingerprint density at radius 1 is 0.786 bits per heavy atom. The summed E-state index contributed by atoms with van der Waals surface area (Å²) >= 11 is 0. The first-order chi connectivity index (χ1) is 12.9. The van der Waals surface area contributed by atoms with Gasteiger partial charge in [-0.2, -0.15) is 0 Å². The second-order valence-electron chi connectivity index (χ2n) is 9.48. The standard InChI is InChI=1S/2C10H20N2O2/c2*1-10(2,3)14-9(13)12-7-8-4-5-11-6-8/h2*8,11H,4-7H2,1-3H3,(H,12,13)/t2*8-/m00/s1. The molecule has 2 fully saturated rings. The molecule has 0 spiro atoms. The molecule has 2 rings (SSSR count). The molecule has 164 valence electrons. The van der Waals surface area contributed by atoms with Gasteiger partial charge in [-0.15, -0.1) is 0 Å². The van der Waals surface area contributed by atoms with E-state index >= 15 is 0 Å². The highest BCUT2D eigenvalue weighted by atomic mass is 16.6. The molecule has 2 aliphatic rings. The minimum atomic E-state index is -0.405. The zero-order valence-corrected chi connectivity index (χ0v) is 18.4. The largest absolute Gasteiger partial charge is 0.444 e. The Kier molecular flexibility index (Phi) is 10.0. The number of nitrogens with one attached hydrogen (secondary N) is 4.